The monoisotopic (exact) mass is 350 g/mol. The van der Waals surface area contributed by atoms with Crippen LogP contribution in [0.4, 0.5) is 17.6 Å². The summed E-state index contributed by atoms with van der Waals surface area (Å²) in [5.41, 5.74) is -1.34. The summed E-state index contributed by atoms with van der Waals surface area (Å²) in [4.78, 5) is 12.0. The minimum Gasteiger partial charge on any atom is -0.460 e. The summed E-state index contributed by atoms with van der Waals surface area (Å²) in [5, 5.41) is -1.27. The Kier molecular flexibility index (Phi) is 4.76. The Labute approximate surface area is 136 Å². The van der Waals surface area contributed by atoms with Gasteiger partial charge in [-0.15, -0.1) is 0 Å². The largest absolute Gasteiger partial charge is 0.460 e. The first-order chi connectivity index (χ1) is 10.6. The second-order valence-corrected chi connectivity index (χ2v) is 6.38. The summed E-state index contributed by atoms with van der Waals surface area (Å²) in [6, 6.07) is 0. The average Bonchev–Trinajstić information content (AvgIpc) is 3.04. The van der Waals surface area contributed by atoms with Crippen LogP contribution >= 0.6 is 11.6 Å². The van der Waals surface area contributed by atoms with Crippen molar-refractivity contribution in [2.75, 3.05) is 0 Å². The number of hydrogen-bond donors (Lipinski definition) is 0. The maximum absolute atomic E-state index is 13.7. The van der Waals surface area contributed by atoms with E-state index in [9.17, 15) is 22.4 Å². The molecule has 2 unspecified atom stereocenters. The van der Waals surface area contributed by atoms with Crippen LogP contribution in [0.25, 0.3) is 0 Å². The summed E-state index contributed by atoms with van der Waals surface area (Å²) >= 11 is 5.13. The Hall–Kier alpha value is -1.56. The zero-order valence-corrected chi connectivity index (χ0v) is 13.5. The molecule has 1 aromatic carbocycles. The van der Waals surface area contributed by atoms with Gasteiger partial charge in [0.25, 0.3) is 0 Å². The van der Waals surface area contributed by atoms with Crippen molar-refractivity contribution in [3.63, 3.8) is 0 Å². The number of halogens is 5. The molecule has 23 heavy (non-hydrogen) atoms. The van der Waals surface area contributed by atoms with Crippen molar-refractivity contribution in [3.8, 4) is 0 Å². The lowest BCUT2D eigenvalue weighted by atomic mass is 10.1. The molecule has 126 valence electrons. The van der Waals surface area contributed by atoms with E-state index in [1.165, 1.54) is 0 Å². The van der Waals surface area contributed by atoms with Gasteiger partial charge in [-0.25, -0.2) is 17.6 Å². The molecule has 0 amide bonds. The molecule has 0 saturated heterocycles. The fourth-order valence-corrected chi connectivity index (χ4v) is 2.87. The van der Waals surface area contributed by atoms with E-state index in [2.05, 4.69) is 0 Å². The number of ether oxygens (including phenoxy) is 1. The topological polar surface area (TPSA) is 26.3 Å². The lowest BCUT2D eigenvalue weighted by molar-refractivity contribution is -0.147. The predicted molar refractivity (Wildman–Crippen MR) is 76.7 cm³/mol. The maximum atomic E-state index is 13.7. The Bertz CT molecular complexity index is 656. The molecule has 0 bridgehead atoms. The third kappa shape index (κ3) is 2.96. The Morgan fingerprint density at radius 2 is 1.70 bits per heavy atom. The summed E-state index contributed by atoms with van der Waals surface area (Å²) in [6.07, 6.45) is 3.64. The van der Waals surface area contributed by atoms with Gasteiger partial charge in [0.05, 0.1) is 11.5 Å². The highest BCUT2D eigenvalue weighted by atomic mass is 35.5. The van der Waals surface area contributed by atoms with Crippen molar-refractivity contribution >= 4 is 17.6 Å². The number of carbonyl (C=O) groups is 1. The van der Waals surface area contributed by atoms with Crippen molar-refractivity contribution in [1.82, 2.24) is 0 Å². The molecule has 0 N–H and O–H groups in total. The Morgan fingerprint density at radius 1 is 1.17 bits per heavy atom. The lowest BCUT2D eigenvalue weighted by Crippen LogP contribution is -2.13. The van der Waals surface area contributed by atoms with Crippen LogP contribution in [-0.2, 0) is 16.1 Å². The number of rotatable bonds is 4. The second kappa shape index (κ2) is 6.15. The van der Waals surface area contributed by atoms with Crippen molar-refractivity contribution in [1.29, 1.82) is 0 Å². The van der Waals surface area contributed by atoms with E-state index in [1.54, 1.807) is 13.0 Å². The van der Waals surface area contributed by atoms with E-state index < -0.39 is 52.3 Å². The highest BCUT2D eigenvalue weighted by Crippen LogP contribution is 2.59. The summed E-state index contributed by atoms with van der Waals surface area (Å²) in [5.74, 6) is -7.94. The van der Waals surface area contributed by atoms with Crippen LogP contribution in [0.1, 0.15) is 26.3 Å². The highest BCUT2D eigenvalue weighted by Gasteiger charge is 2.61. The first-order valence-electron chi connectivity index (χ1n) is 6.94. The van der Waals surface area contributed by atoms with Crippen LogP contribution in [0, 0.1) is 40.5 Å². The highest BCUT2D eigenvalue weighted by molar-refractivity contribution is 6.30. The fourth-order valence-electron chi connectivity index (χ4n) is 2.70. The molecule has 1 aliphatic rings. The number of benzene rings is 1. The molecule has 2 rings (SSSR count). The molecule has 2 atom stereocenters. The SMILES string of the molecule is CC=CC1C(C(=O)OCc2c(F)c(F)c(Cl)c(F)c2F)C1(C)C. The third-order valence-corrected chi connectivity index (χ3v) is 4.56. The van der Waals surface area contributed by atoms with E-state index in [-0.39, 0.29) is 11.3 Å². The van der Waals surface area contributed by atoms with Gasteiger partial charge >= 0.3 is 5.97 Å². The molecule has 1 fully saturated rings. The Morgan fingerprint density at radius 3 is 2.17 bits per heavy atom. The Balaban J connectivity index is 2.15. The fraction of sp³-hybridized carbons (Fsp3) is 0.438. The quantitative estimate of drug-likeness (QED) is 0.257. The molecule has 0 aliphatic heterocycles. The number of carbonyl (C=O) groups excluding carboxylic acids is 1. The number of esters is 1. The molecular formula is C16H15ClF4O2. The van der Waals surface area contributed by atoms with Crippen molar-refractivity contribution < 1.29 is 27.1 Å². The predicted octanol–water partition coefficient (Wildman–Crippen LogP) is 4.79. The van der Waals surface area contributed by atoms with Gasteiger partial charge in [0.1, 0.15) is 11.6 Å². The second-order valence-electron chi connectivity index (χ2n) is 6.01. The molecule has 7 heteroatoms. The molecule has 0 aromatic heterocycles. The van der Waals surface area contributed by atoms with E-state index in [0.29, 0.717) is 0 Å². The van der Waals surface area contributed by atoms with E-state index in [1.807, 2.05) is 19.9 Å². The van der Waals surface area contributed by atoms with Crippen molar-refractivity contribution in [2.45, 2.75) is 27.4 Å². The van der Waals surface area contributed by atoms with Gasteiger partial charge in [-0.05, 0) is 18.3 Å². The zero-order valence-electron chi connectivity index (χ0n) is 12.7. The molecular weight excluding hydrogens is 336 g/mol. The molecule has 1 aliphatic carbocycles. The van der Waals surface area contributed by atoms with Crippen LogP contribution in [0.3, 0.4) is 0 Å². The minimum absolute atomic E-state index is 0.0478. The van der Waals surface area contributed by atoms with Gasteiger partial charge in [-0.3, -0.25) is 4.79 Å². The van der Waals surface area contributed by atoms with Gasteiger partial charge in [0.2, 0.25) is 0 Å². The summed E-state index contributed by atoms with van der Waals surface area (Å²) in [7, 11) is 0. The van der Waals surface area contributed by atoms with Crippen LogP contribution in [0.5, 0.6) is 0 Å². The maximum Gasteiger partial charge on any atom is 0.310 e. The van der Waals surface area contributed by atoms with E-state index in [0.717, 1.165) is 0 Å². The molecule has 1 aromatic rings. The van der Waals surface area contributed by atoms with Crippen molar-refractivity contribution in [2.24, 2.45) is 17.3 Å². The number of hydrogen-bond acceptors (Lipinski definition) is 2. The van der Waals surface area contributed by atoms with Gasteiger partial charge in [0, 0.05) is 0 Å². The number of allylic oxidation sites excluding steroid dienone is 2. The van der Waals surface area contributed by atoms with Crippen LogP contribution in [0.2, 0.25) is 5.02 Å². The summed E-state index contributed by atoms with van der Waals surface area (Å²) < 4.78 is 58.8. The summed E-state index contributed by atoms with van der Waals surface area (Å²) in [6.45, 7) is 4.61. The first kappa shape index (κ1) is 17.8. The average molecular weight is 351 g/mol. The lowest BCUT2D eigenvalue weighted by Gasteiger charge is -2.10. The van der Waals surface area contributed by atoms with Crippen molar-refractivity contribution in [3.05, 3.63) is 46.0 Å². The third-order valence-electron chi connectivity index (χ3n) is 4.22. The molecule has 1 saturated carbocycles. The molecule has 0 radical (unpaired) electrons. The normalized spacial score (nSPS) is 22.4. The minimum atomic E-state index is -1.71. The molecule has 0 heterocycles. The van der Waals surface area contributed by atoms with Crippen LogP contribution < -0.4 is 0 Å². The molecule has 2 nitrogen and oxygen atoms in total. The first-order valence-corrected chi connectivity index (χ1v) is 7.32. The van der Waals surface area contributed by atoms with E-state index in [4.69, 9.17) is 16.3 Å². The van der Waals surface area contributed by atoms with Crippen LogP contribution in [-0.4, -0.2) is 5.97 Å². The van der Waals surface area contributed by atoms with Gasteiger partial charge in [0.15, 0.2) is 23.3 Å². The van der Waals surface area contributed by atoms with Gasteiger partial charge in [-0.1, -0.05) is 37.6 Å². The standard InChI is InChI=1S/C16H15ClF4O2/c1-4-5-8-9(16(8,2)3)15(22)23-6-7-11(18)13(20)10(17)14(21)12(7)19/h4-5,8-9H,6H2,1-3H3. The zero-order chi connectivity index (χ0) is 17.5. The molecule has 0 spiro atoms. The van der Waals surface area contributed by atoms with Gasteiger partial charge in [-0.2, -0.15) is 0 Å². The van der Waals surface area contributed by atoms with E-state index >= 15 is 0 Å². The van der Waals surface area contributed by atoms with Crippen LogP contribution in [0.15, 0.2) is 12.2 Å². The van der Waals surface area contributed by atoms with Gasteiger partial charge < -0.3 is 4.74 Å². The smallest absolute Gasteiger partial charge is 0.310 e.